The molecule has 0 aliphatic carbocycles. The van der Waals surface area contributed by atoms with Gasteiger partial charge in [-0.1, -0.05) is 24.4 Å². The molecule has 2 rings (SSSR count). The number of fused-ring (bicyclic) bond motifs is 1. The molecule has 0 atom stereocenters. The second-order valence-corrected chi connectivity index (χ2v) is 3.63. The summed E-state index contributed by atoms with van der Waals surface area (Å²) in [4.78, 5) is 11.5. The molecule has 16 heavy (non-hydrogen) atoms. The van der Waals surface area contributed by atoms with E-state index < -0.39 is 5.97 Å². The Hall–Kier alpha value is -1.68. The van der Waals surface area contributed by atoms with Crippen LogP contribution in [0.1, 0.15) is 17.5 Å². The van der Waals surface area contributed by atoms with Gasteiger partial charge in [0.25, 0.3) is 0 Å². The predicted octanol–water partition coefficient (Wildman–Crippen LogP) is 3.34. The maximum Gasteiger partial charge on any atom is 0.374 e. The Morgan fingerprint density at radius 3 is 2.94 bits per heavy atom. The third-order valence-corrected chi connectivity index (χ3v) is 2.45. The van der Waals surface area contributed by atoms with Crippen molar-refractivity contribution >= 4 is 29.2 Å². The summed E-state index contributed by atoms with van der Waals surface area (Å²) >= 11 is 5.18. The largest absolute Gasteiger partial charge is 0.460 e. The van der Waals surface area contributed by atoms with Crippen molar-refractivity contribution < 1.29 is 13.9 Å². The van der Waals surface area contributed by atoms with E-state index in [0.29, 0.717) is 16.7 Å². The van der Waals surface area contributed by atoms with Crippen molar-refractivity contribution in [2.45, 2.75) is 6.92 Å². The molecule has 1 aromatic heterocycles. The van der Waals surface area contributed by atoms with Gasteiger partial charge in [0, 0.05) is 11.5 Å². The van der Waals surface area contributed by atoms with E-state index in [1.54, 1.807) is 13.0 Å². The Labute approximate surface area is 97.6 Å². The number of hydrogen-bond acceptors (Lipinski definition) is 4. The summed E-state index contributed by atoms with van der Waals surface area (Å²) in [6.45, 7) is 2.06. The highest BCUT2D eigenvalue weighted by molar-refractivity contribution is 7.71. The summed E-state index contributed by atoms with van der Waals surface area (Å²) < 4.78 is 10.9. The topological polar surface area (TPSA) is 39.4 Å². The van der Waals surface area contributed by atoms with Crippen LogP contribution in [0.25, 0.3) is 11.0 Å². The number of hydrogen-bond donors (Lipinski definition) is 0. The molecule has 0 amide bonds. The van der Waals surface area contributed by atoms with Crippen LogP contribution in [0.3, 0.4) is 0 Å². The second kappa shape index (κ2) is 4.45. The predicted molar refractivity (Wildman–Crippen MR) is 63.0 cm³/mol. The molecule has 3 nitrogen and oxygen atoms in total. The Kier molecular flexibility index (Phi) is 3.01. The standard InChI is InChI=1S/C12H10O3S/c1-2-14-12(13)10-7-11(16)8-5-3-4-6-9(8)15-10/h3-7H,2H2,1H3. The number of para-hydroxylation sites is 1. The Bertz CT molecular complexity index is 586. The number of esters is 1. The molecule has 0 saturated heterocycles. The van der Waals surface area contributed by atoms with Crippen LogP contribution in [0, 0.1) is 4.51 Å². The van der Waals surface area contributed by atoms with Crippen LogP contribution in [0.2, 0.25) is 0 Å². The van der Waals surface area contributed by atoms with Gasteiger partial charge < -0.3 is 9.15 Å². The molecule has 0 fully saturated rings. The first-order valence-electron chi connectivity index (χ1n) is 4.92. The fourth-order valence-electron chi connectivity index (χ4n) is 1.41. The van der Waals surface area contributed by atoms with E-state index in [1.807, 2.05) is 18.2 Å². The van der Waals surface area contributed by atoms with Crippen molar-refractivity contribution in [3.05, 3.63) is 40.6 Å². The molecule has 1 aromatic carbocycles. The fraction of sp³-hybridized carbons (Fsp3) is 0.167. The molecule has 0 bridgehead atoms. The lowest BCUT2D eigenvalue weighted by molar-refractivity contribution is 0.0491. The van der Waals surface area contributed by atoms with Gasteiger partial charge in [-0.25, -0.2) is 4.79 Å². The molecule has 0 spiro atoms. The zero-order chi connectivity index (χ0) is 11.5. The van der Waals surface area contributed by atoms with Gasteiger partial charge >= 0.3 is 5.97 Å². The van der Waals surface area contributed by atoms with Gasteiger partial charge in [-0.3, -0.25) is 0 Å². The van der Waals surface area contributed by atoms with Crippen molar-refractivity contribution in [3.63, 3.8) is 0 Å². The van der Waals surface area contributed by atoms with Gasteiger partial charge in [-0.2, -0.15) is 0 Å². The molecule has 1 heterocycles. The molecule has 0 aliphatic rings. The summed E-state index contributed by atoms with van der Waals surface area (Å²) in [5, 5.41) is 0.825. The zero-order valence-electron chi connectivity index (χ0n) is 8.73. The summed E-state index contributed by atoms with van der Waals surface area (Å²) in [6.07, 6.45) is 0. The van der Waals surface area contributed by atoms with Crippen LogP contribution in [0.15, 0.2) is 34.7 Å². The van der Waals surface area contributed by atoms with Crippen molar-refractivity contribution in [1.82, 2.24) is 0 Å². The van der Waals surface area contributed by atoms with Crippen LogP contribution in [-0.4, -0.2) is 12.6 Å². The average molecular weight is 234 g/mol. The maximum atomic E-state index is 11.5. The van der Waals surface area contributed by atoms with E-state index in [1.165, 1.54) is 6.07 Å². The van der Waals surface area contributed by atoms with Crippen LogP contribution < -0.4 is 0 Å². The molecule has 0 radical (unpaired) electrons. The Morgan fingerprint density at radius 1 is 1.44 bits per heavy atom. The molecule has 4 heteroatoms. The lowest BCUT2D eigenvalue weighted by Gasteiger charge is -2.02. The van der Waals surface area contributed by atoms with E-state index in [9.17, 15) is 4.79 Å². The van der Waals surface area contributed by atoms with Gasteiger partial charge in [0.15, 0.2) is 0 Å². The average Bonchev–Trinajstić information content (AvgIpc) is 2.29. The molecule has 0 unspecified atom stereocenters. The number of carbonyl (C=O) groups excluding carboxylic acids is 1. The molecule has 0 aliphatic heterocycles. The smallest absolute Gasteiger partial charge is 0.374 e. The first-order chi connectivity index (χ1) is 7.72. The highest BCUT2D eigenvalue weighted by Crippen LogP contribution is 2.18. The monoisotopic (exact) mass is 234 g/mol. The number of benzene rings is 1. The van der Waals surface area contributed by atoms with E-state index in [-0.39, 0.29) is 5.76 Å². The van der Waals surface area contributed by atoms with Gasteiger partial charge in [0.2, 0.25) is 5.76 Å². The van der Waals surface area contributed by atoms with Gasteiger partial charge in [0.1, 0.15) is 5.58 Å². The Balaban J connectivity index is 2.58. The molecular weight excluding hydrogens is 224 g/mol. The third kappa shape index (κ3) is 1.97. The molecule has 0 saturated carbocycles. The molecule has 82 valence electrons. The first-order valence-corrected chi connectivity index (χ1v) is 5.33. The van der Waals surface area contributed by atoms with Crippen molar-refractivity contribution in [1.29, 1.82) is 0 Å². The fourth-order valence-corrected chi connectivity index (χ4v) is 1.68. The maximum absolute atomic E-state index is 11.5. The van der Waals surface area contributed by atoms with Crippen LogP contribution in [-0.2, 0) is 4.74 Å². The van der Waals surface area contributed by atoms with E-state index in [4.69, 9.17) is 21.4 Å². The minimum atomic E-state index is -0.487. The summed E-state index contributed by atoms with van der Waals surface area (Å²) in [7, 11) is 0. The second-order valence-electron chi connectivity index (χ2n) is 3.19. The lowest BCUT2D eigenvalue weighted by atomic mass is 10.2. The summed E-state index contributed by atoms with van der Waals surface area (Å²) in [5.74, 6) is -0.343. The quantitative estimate of drug-likeness (QED) is 0.590. The van der Waals surface area contributed by atoms with Crippen molar-refractivity contribution in [3.8, 4) is 0 Å². The molecular formula is C12H10O3S. The van der Waals surface area contributed by atoms with Gasteiger partial charge in [0.05, 0.1) is 11.1 Å². The van der Waals surface area contributed by atoms with Gasteiger partial charge in [-0.15, -0.1) is 0 Å². The van der Waals surface area contributed by atoms with Crippen LogP contribution >= 0.6 is 12.2 Å². The number of carbonyl (C=O) groups is 1. The number of ether oxygens (including phenoxy) is 1. The normalized spacial score (nSPS) is 10.3. The van der Waals surface area contributed by atoms with Crippen molar-refractivity contribution in [2.24, 2.45) is 0 Å². The minimum Gasteiger partial charge on any atom is -0.460 e. The number of rotatable bonds is 2. The van der Waals surface area contributed by atoms with Crippen molar-refractivity contribution in [2.75, 3.05) is 6.61 Å². The summed E-state index contributed by atoms with van der Waals surface area (Å²) in [5.41, 5.74) is 0.595. The van der Waals surface area contributed by atoms with E-state index in [2.05, 4.69) is 0 Å². The van der Waals surface area contributed by atoms with Crippen LogP contribution in [0.4, 0.5) is 0 Å². The third-order valence-electron chi connectivity index (χ3n) is 2.11. The molecule has 0 N–H and O–H groups in total. The SMILES string of the molecule is CCOC(=O)c1cc(=S)c2ccccc2o1. The van der Waals surface area contributed by atoms with E-state index >= 15 is 0 Å². The van der Waals surface area contributed by atoms with Crippen LogP contribution in [0.5, 0.6) is 0 Å². The van der Waals surface area contributed by atoms with Gasteiger partial charge in [-0.05, 0) is 19.1 Å². The summed E-state index contributed by atoms with van der Waals surface area (Å²) in [6, 6.07) is 8.85. The first kappa shape index (κ1) is 10.8. The minimum absolute atomic E-state index is 0.144. The Morgan fingerprint density at radius 2 is 2.19 bits per heavy atom. The zero-order valence-corrected chi connectivity index (χ0v) is 9.54. The molecule has 2 aromatic rings. The highest BCUT2D eigenvalue weighted by Gasteiger charge is 2.11. The lowest BCUT2D eigenvalue weighted by Crippen LogP contribution is -2.04. The highest BCUT2D eigenvalue weighted by atomic mass is 32.1. The van der Waals surface area contributed by atoms with E-state index in [0.717, 1.165) is 5.39 Å².